The van der Waals surface area contributed by atoms with Gasteiger partial charge in [-0.2, -0.15) is 0 Å². The van der Waals surface area contributed by atoms with Gasteiger partial charge in [0.15, 0.2) is 0 Å². The molecule has 0 N–H and O–H groups in total. The first-order valence-corrected chi connectivity index (χ1v) is 11.2. The van der Waals surface area contributed by atoms with Crippen molar-refractivity contribution >= 4 is 41.1 Å². The first kappa shape index (κ1) is 13.4. The van der Waals surface area contributed by atoms with Gasteiger partial charge in [0.25, 0.3) is 0 Å². The van der Waals surface area contributed by atoms with Crippen molar-refractivity contribution in [1.29, 1.82) is 0 Å². The van der Waals surface area contributed by atoms with Gasteiger partial charge in [-0.15, -0.1) is 11.2 Å². The van der Waals surface area contributed by atoms with Crippen molar-refractivity contribution in [3.8, 4) is 0 Å². The minimum atomic E-state index is -1.20. The van der Waals surface area contributed by atoms with Crippen molar-refractivity contribution in [2.75, 3.05) is 0 Å². The minimum absolute atomic E-state index is 1.13. The van der Waals surface area contributed by atoms with E-state index in [0.717, 1.165) is 5.69 Å². The second-order valence-electron chi connectivity index (χ2n) is 5.24. The lowest BCUT2D eigenvalue weighted by Crippen LogP contribution is -2.13. The van der Waals surface area contributed by atoms with Gasteiger partial charge in [0.1, 0.15) is 7.22 Å². The Morgan fingerprint density at radius 1 is 1.06 bits per heavy atom. The van der Waals surface area contributed by atoms with Crippen molar-refractivity contribution in [3.05, 3.63) is 36.4 Å². The molecule has 1 nitrogen and oxygen atoms in total. The van der Waals surface area contributed by atoms with Gasteiger partial charge in [-0.1, -0.05) is 50.0 Å². The fraction of sp³-hybridized carbons (Fsp3) is 0.267. The van der Waals surface area contributed by atoms with E-state index in [0.29, 0.717) is 0 Å². The quantitative estimate of drug-likeness (QED) is 0.532. The van der Waals surface area contributed by atoms with Crippen molar-refractivity contribution in [1.82, 2.24) is 0 Å². The Hall–Kier alpha value is -1.06. The van der Waals surface area contributed by atoms with Gasteiger partial charge in [0, 0.05) is 16.5 Å². The fourth-order valence-electron chi connectivity index (χ4n) is 1.91. The predicted octanol–water partition coefficient (Wildman–Crippen LogP) is 5.49. The van der Waals surface area contributed by atoms with Crippen LogP contribution < -0.4 is 0 Å². The first-order valence-electron chi connectivity index (χ1n) is 6.21. The Morgan fingerprint density at radius 2 is 1.78 bits per heavy atom. The van der Waals surface area contributed by atoms with Crippen LogP contribution in [0.5, 0.6) is 0 Å². The number of nitrogens with zero attached hydrogens (tertiary/aromatic N) is 1. The van der Waals surface area contributed by atoms with Crippen LogP contribution in [0, 0.1) is 0 Å². The summed E-state index contributed by atoms with van der Waals surface area (Å²) in [6, 6.07) is 12.9. The molecule has 0 atom stereocenters. The van der Waals surface area contributed by atoms with Gasteiger partial charge in [-0.05, 0) is 18.4 Å². The van der Waals surface area contributed by atoms with E-state index in [1.807, 2.05) is 24.3 Å². The number of aliphatic imine (C=N–C) groups is 1. The smallest absolute Gasteiger partial charge is 0.114 e. The predicted molar refractivity (Wildman–Crippen MR) is 87.0 cm³/mol. The van der Waals surface area contributed by atoms with Crippen LogP contribution in [-0.2, 0) is 0 Å². The van der Waals surface area contributed by atoms with Gasteiger partial charge in [-0.3, -0.25) is 4.99 Å². The highest BCUT2D eigenvalue weighted by Gasteiger charge is 2.18. The summed E-state index contributed by atoms with van der Waals surface area (Å²) in [5.41, 5.74) is 1.13. The molecule has 0 spiro atoms. The van der Waals surface area contributed by atoms with E-state index in [2.05, 4.69) is 61.0 Å². The monoisotopic (exact) mass is 273 g/mol. The molecule has 0 fully saturated rings. The van der Waals surface area contributed by atoms with E-state index < -0.39 is 7.22 Å². The van der Waals surface area contributed by atoms with Crippen molar-refractivity contribution in [2.45, 2.75) is 31.5 Å². The molecule has 0 saturated carbocycles. The van der Waals surface area contributed by atoms with Gasteiger partial charge in [0.05, 0.1) is 5.69 Å². The summed E-state index contributed by atoms with van der Waals surface area (Å²) in [7, 11) is -1.20. The number of hydrogen-bond acceptors (Lipinski definition) is 2. The van der Waals surface area contributed by atoms with Crippen LogP contribution in [0.3, 0.4) is 0 Å². The largest absolute Gasteiger partial charge is 0.260 e. The lowest BCUT2D eigenvalue weighted by molar-refractivity contribution is 1.42. The molecule has 2 aromatic rings. The van der Waals surface area contributed by atoms with Crippen LogP contribution in [0.15, 0.2) is 46.3 Å². The Balaban J connectivity index is 2.63. The third kappa shape index (κ3) is 3.03. The Bertz CT molecular complexity index is 585. The Kier molecular flexibility index (Phi) is 3.93. The molecule has 0 aromatic heterocycles. The highest BCUT2D eigenvalue weighted by atomic mass is 32.4. The van der Waals surface area contributed by atoms with Gasteiger partial charge >= 0.3 is 0 Å². The Labute approximate surface area is 114 Å². The third-order valence-electron chi connectivity index (χ3n) is 2.54. The van der Waals surface area contributed by atoms with Crippen molar-refractivity contribution < 1.29 is 0 Å². The minimum Gasteiger partial charge on any atom is -0.260 e. The standard InChI is InChI=1S/C15H19NSSi/c1-5-16-15-13-9-7-6-8-12(13)10-11-14(15)17-18(2,3)4/h5-11H,1-4H3/b16-5+. The molecule has 0 heterocycles. The molecule has 0 radical (unpaired) electrons. The number of benzene rings is 2. The lowest BCUT2D eigenvalue weighted by Gasteiger charge is -2.17. The van der Waals surface area contributed by atoms with Crippen LogP contribution in [0.1, 0.15) is 6.92 Å². The highest BCUT2D eigenvalue weighted by molar-refractivity contribution is 8.28. The van der Waals surface area contributed by atoms with Crippen LogP contribution in [-0.4, -0.2) is 13.4 Å². The summed E-state index contributed by atoms with van der Waals surface area (Å²) >= 11 is 2.01. The zero-order valence-electron chi connectivity index (χ0n) is 11.4. The molecule has 0 amide bonds. The van der Waals surface area contributed by atoms with Crippen LogP contribution in [0.25, 0.3) is 10.8 Å². The van der Waals surface area contributed by atoms with E-state index in [4.69, 9.17) is 0 Å². The molecule has 0 unspecified atom stereocenters. The molecule has 3 heteroatoms. The molecule has 0 aliphatic carbocycles. The molecule has 0 aliphatic heterocycles. The second kappa shape index (κ2) is 5.29. The van der Waals surface area contributed by atoms with Gasteiger partial charge in [0.2, 0.25) is 0 Å². The molecular formula is C15H19NSSi. The SMILES string of the molecule is C/C=N/c1c(S[Si](C)(C)C)ccc2ccccc12. The van der Waals surface area contributed by atoms with Crippen LogP contribution >= 0.6 is 11.2 Å². The molecule has 18 heavy (non-hydrogen) atoms. The van der Waals surface area contributed by atoms with Crippen molar-refractivity contribution in [3.63, 3.8) is 0 Å². The lowest BCUT2D eigenvalue weighted by atomic mass is 10.1. The average Bonchev–Trinajstić information content (AvgIpc) is 2.31. The summed E-state index contributed by atoms with van der Waals surface area (Å²) in [6.07, 6.45) is 1.88. The normalized spacial score (nSPS) is 12.4. The summed E-state index contributed by atoms with van der Waals surface area (Å²) in [4.78, 5) is 5.91. The molecule has 0 bridgehead atoms. The summed E-state index contributed by atoms with van der Waals surface area (Å²) in [6.45, 7) is 9.08. The fourth-order valence-corrected chi connectivity index (χ4v) is 5.44. The molecule has 2 aromatic carbocycles. The summed E-state index contributed by atoms with van der Waals surface area (Å²) < 4.78 is 0. The van der Waals surface area contributed by atoms with E-state index in [-0.39, 0.29) is 0 Å². The topological polar surface area (TPSA) is 12.4 Å². The summed E-state index contributed by atoms with van der Waals surface area (Å²) in [5, 5.41) is 2.51. The molecule has 0 saturated heterocycles. The molecule has 2 rings (SSSR count). The maximum absolute atomic E-state index is 4.60. The number of hydrogen-bond donors (Lipinski definition) is 0. The van der Waals surface area contributed by atoms with E-state index in [9.17, 15) is 0 Å². The summed E-state index contributed by atoms with van der Waals surface area (Å²) in [5.74, 6) is 0. The second-order valence-corrected chi connectivity index (χ2v) is 14.4. The zero-order chi connectivity index (χ0) is 13.2. The van der Waals surface area contributed by atoms with Gasteiger partial charge in [-0.25, -0.2) is 0 Å². The molecule has 0 aliphatic rings. The Morgan fingerprint density at radius 3 is 2.44 bits per heavy atom. The van der Waals surface area contributed by atoms with E-state index >= 15 is 0 Å². The maximum atomic E-state index is 4.60. The number of fused-ring (bicyclic) bond motifs is 1. The van der Waals surface area contributed by atoms with Crippen LogP contribution in [0.2, 0.25) is 19.6 Å². The zero-order valence-corrected chi connectivity index (χ0v) is 13.2. The number of rotatable bonds is 3. The molecule has 94 valence electrons. The van der Waals surface area contributed by atoms with E-state index in [1.165, 1.54) is 15.7 Å². The highest BCUT2D eigenvalue weighted by Crippen LogP contribution is 2.40. The van der Waals surface area contributed by atoms with Crippen LogP contribution in [0.4, 0.5) is 5.69 Å². The molecular weight excluding hydrogens is 254 g/mol. The first-order chi connectivity index (χ1) is 8.51. The van der Waals surface area contributed by atoms with Crippen molar-refractivity contribution in [2.24, 2.45) is 4.99 Å². The van der Waals surface area contributed by atoms with Gasteiger partial charge < -0.3 is 0 Å². The maximum Gasteiger partial charge on any atom is 0.114 e. The average molecular weight is 273 g/mol. The third-order valence-corrected chi connectivity index (χ3v) is 6.20. The van der Waals surface area contributed by atoms with E-state index in [1.54, 1.807) is 0 Å².